The van der Waals surface area contributed by atoms with Gasteiger partial charge in [-0.05, 0) is 55.8 Å². The second kappa shape index (κ2) is 7.51. The van der Waals surface area contributed by atoms with Crippen LogP contribution in [0.15, 0.2) is 23.3 Å². The lowest BCUT2D eigenvalue weighted by Gasteiger charge is -2.57. The van der Waals surface area contributed by atoms with Crippen LogP contribution in [0.1, 0.15) is 73.1 Å². The summed E-state index contributed by atoms with van der Waals surface area (Å²) in [4.78, 5) is 23.6. The number of ether oxygens (including phenoxy) is 2. The largest absolute Gasteiger partial charge is 0.462 e. The van der Waals surface area contributed by atoms with Crippen LogP contribution in [0, 0.1) is 28.6 Å². The zero-order valence-electron chi connectivity index (χ0n) is 18.9. The summed E-state index contributed by atoms with van der Waals surface area (Å²) in [5.41, 5.74) is 2.57. The number of hydrogen-bond acceptors (Lipinski definition) is 5. The number of carbonyl (C=O) groups excluding carboxylic acids is 2. The maximum absolute atomic E-state index is 12.0. The quantitative estimate of drug-likeness (QED) is 0.693. The summed E-state index contributed by atoms with van der Waals surface area (Å²) in [5, 5.41) is 10.4. The Labute approximate surface area is 179 Å². The summed E-state index contributed by atoms with van der Waals surface area (Å²) in [7, 11) is 0. The molecular formula is C25H36O5. The molecule has 0 aromatic rings. The smallest absolute Gasteiger partial charge is 0.302 e. The minimum atomic E-state index is -0.300. The zero-order valence-corrected chi connectivity index (χ0v) is 18.9. The summed E-state index contributed by atoms with van der Waals surface area (Å²) in [5.74, 6) is 0.560. The summed E-state index contributed by atoms with van der Waals surface area (Å²) < 4.78 is 11.4. The molecule has 4 rings (SSSR count). The monoisotopic (exact) mass is 416 g/mol. The second-order valence-corrected chi connectivity index (χ2v) is 10.5. The van der Waals surface area contributed by atoms with Gasteiger partial charge in [0.1, 0.15) is 12.2 Å². The normalized spacial score (nSPS) is 43.3. The van der Waals surface area contributed by atoms with Gasteiger partial charge in [-0.25, -0.2) is 0 Å². The van der Waals surface area contributed by atoms with E-state index >= 15 is 0 Å². The highest BCUT2D eigenvalue weighted by atomic mass is 16.6. The molecule has 0 aromatic heterocycles. The summed E-state index contributed by atoms with van der Waals surface area (Å²) >= 11 is 0. The van der Waals surface area contributed by atoms with E-state index < -0.39 is 0 Å². The highest BCUT2D eigenvalue weighted by molar-refractivity contribution is 5.67. The molecule has 0 aromatic carbocycles. The Morgan fingerprint density at radius 3 is 2.40 bits per heavy atom. The molecule has 3 fully saturated rings. The van der Waals surface area contributed by atoms with Crippen molar-refractivity contribution in [1.29, 1.82) is 0 Å². The molecule has 4 aliphatic carbocycles. The predicted octanol–water partition coefficient (Wildman–Crippen LogP) is 4.34. The lowest BCUT2D eigenvalue weighted by Crippen LogP contribution is -2.54. The standard InChI is InChI=1S/C25H36O5/c1-14(26)20-8-9-21-19-7-6-17-12-18(29-15(2)27)13-23(30-16(3)28)25(17,5)22(19)10-11-24(20,21)4/h6-7,14,18,20-23,26H,8-13H2,1-5H3/t14-,18-,20-,21+,22+,23+,24-,25+/m1/s1. The van der Waals surface area contributed by atoms with Crippen molar-refractivity contribution in [3.63, 3.8) is 0 Å². The van der Waals surface area contributed by atoms with Gasteiger partial charge < -0.3 is 14.6 Å². The van der Waals surface area contributed by atoms with Gasteiger partial charge in [0.05, 0.1) is 6.10 Å². The maximum atomic E-state index is 12.0. The SMILES string of the molecule is CC(=O)O[C@@H]1CC2=CC=C3[C@@H]4CC[C@H]([C@@H](C)O)[C@@]4(C)CC[C@@H]3[C@@]2(C)[C@@H](OC(C)=O)C1. The van der Waals surface area contributed by atoms with E-state index in [0.29, 0.717) is 30.6 Å². The third kappa shape index (κ3) is 3.24. The first-order valence-electron chi connectivity index (χ1n) is 11.5. The van der Waals surface area contributed by atoms with Crippen molar-refractivity contribution in [3.05, 3.63) is 23.3 Å². The highest BCUT2D eigenvalue weighted by Crippen LogP contribution is 2.65. The second-order valence-electron chi connectivity index (χ2n) is 10.5. The molecule has 0 unspecified atom stereocenters. The Morgan fingerprint density at radius 1 is 1.07 bits per heavy atom. The molecular weight excluding hydrogens is 380 g/mol. The molecule has 0 aliphatic heterocycles. The predicted molar refractivity (Wildman–Crippen MR) is 113 cm³/mol. The molecule has 5 heteroatoms. The molecule has 1 N–H and O–H groups in total. The van der Waals surface area contributed by atoms with E-state index in [1.54, 1.807) is 0 Å². The average molecular weight is 417 g/mol. The van der Waals surface area contributed by atoms with Gasteiger partial charge >= 0.3 is 11.9 Å². The number of allylic oxidation sites excluding steroid dienone is 3. The molecule has 0 saturated heterocycles. The fourth-order valence-corrected chi connectivity index (χ4v) is 7.53. The molecule has 0 bridgehead atoms. The molecule has 5 nitrogen and oxygen atoms in total. The molecule has 0 spiro atoms. The Morgan fingerprint density at radius 2 is 1.77 bits per heavy atom. The molecule has 8 atom stereocenters. The van der Waals surface area contributed by atoms with Crippen LogP contribution >= 0.6 is 0 Å². The minimum absolute atomic E-state index is 0.129. The van der Waals surface area contributed by atoms with Crippen molar-refractivity contribution >= 4 is 11.9 Å². The topological polar surface area (TPSA) is 72.8 Å². The van der Waals surface area contributed by atoms with E-state index in [4.69, 9.17) is 9.47 Å². The van der Waals surface area contributed by atoms with Gasteiger partial charge in [-0.15, -0.1) is 0 Å². The van der Waals surface area contributed by atoms with Crippen molar-refractivity contribution in [2.24, 2.45) is 28.6 Å². The highest BCUT2D eigenvalue weighted by Gasteiger charge is 2.60. The van der Waals surface area contributed by atoms with Crippen LogP contribution in [0.25, 0.3) is 0 Å². The van der Waals surface area contributed by atoms with Gasteiger partial charge in [0.15, 0.2) is 0 Å². The van der Waals surface area contributed by atoms with Crippen LogP contribution < -0.4 is 0 Å². The Hall–Kier alpha value is -1.62. The number of rotatable bonds is 3. The van der Waals surface area contributed by atoms with Gasteiger partial charge in [-0.2, -0.15) is 0 Å². The van der Waals surface area contributed by atoms with Crippen LogP contribution in [-0.4, -0.2) is 35.4 Å². The first kappa shape index (κ1) is 21.6. The van der Waals surface area contributed by atoms with Crippen molar-refractivity contribution in [1.82, 2.24) is 0 Å². The van der Waals surface area contributed by atoms with Crippen LogP contribution in [0.3, 0.4) is 0 Å². The van der Waals surface area contributed by atoms with E-state index in [1.165, 1.54) is 25.0 Å². The first-order chi connectivity index (χ1) is 14.1. The molecule has 3 saturated carbocycles. The summed E-state index contributed by atoms with van der Waals surface area (Å²) in [6.45, 7) is 9.44. The van der Waals surface area contributed by atoms with Crippen molar-refractivity contribution in [3.8, 4) is 0 Å². The fourth-order valence-electron chi connectivity index (χ4n) is 7.53. The van der Waals surface area contributed by atoms with Crippen molar-refractivity contribution in [2.45, 2.75) is 91.5 Å². The molecule has 166 valence electrons. The lowest BCUT2D eigenvalue weighted by molar-refractivity contribution is -0.165. The van der Waals surface area contributed by atoms with E-state index in [9.17, 15) is 14.7 Å². The van der Waals surface area contributed by atoms with Crippen LogP contribution in [-0.2, 0) is 19.1 Å². The van der Waals surface area contributed by atoms with E-state index in [2.05, 4.69) is 26.0 Å². The number of esters is 2. The number of hydrogen-bond donors (Lipinski definition) is 1. The molecule has 0 radical (unpaired) electrons. The Balaban J connectivity index is 1.71. The molecule has 4 aliphatic rings. The Bertz CT molecular complexity index is 795. The van der Waals surface area contributed by atoms with E-state index in [0.717, 1.165) is 25.7 Å². The number of fused-ring (bicyclic) bond motifs is 5. The summed E-state index contributed by atoms with van der Waals surface area (Å²) in [6.07, 6.45) is 9.23. The zero-order chi connectivity index (χ0) is 21.8. The molecule has 0 amide bonds. The van der Waals surface area contributed by atoms with E-state index in [1.807, 2.05) is 6.92 Å². The number of carbonyl (C=O) groups is 2. The van der Waals surface area contributed by atoms with Gasteiger partial charge in [-0.1, -0.05) is 37.1 Å². The van der Waals surface area contributed by atoms with Gasteiger partial charge in [0.25, 0.3) is 0 Å². The number of aliphatic hydroxyl groups is 1. The van der Waals surface area contributed by atoms with Gasteiger partial charge in [0.2, 0.25) is 0 Å². The lowest BCUT2D eigenvalue weighted by atomic mass is 9.49. The number of aliphatic hydroxyl groups excluding tert-OH is 1. The fraction of sp³-hybridized carbons (Fsp3) is 0.760. The van der Waals surface area contributed by atoms with Gasteiger partial charge in [-0.3, -0.25) is 9.59 Å². The molecule has 0 heterocycles. The van der Waals surface area contributed by atoms with Crippen molar-refractivity contribution < 1.29 is 24.2 Å². The molecule has 30 heavy (non-hydrogen) atoms. The van der Waals surface area contributed by atoms with Crippen LogP contribution in [0.5, 0.6) is 0 Å². The maximum Gasteiger partial charge on any atom is 0.302 e. The third-order valence-electron chi connectivity index (χ3n) is 8.90. The van der Waals surface area contributed by atoms with E-state index in [-0.39, 0.29) is 41.1 Å². The Kier molecular flexibility index (Phi) is 5.41. The van der Waals surface area contributed by atoms with Crippen molar-refractivity contribution in [2.75, 3.05) is 0 Å². The average Bonchev–Trinajstić information content (AvgIpc) is 2.99. The van der Waals surface area contributed by atoms with Crippen LogP contribution in [0.4, 0.5) is 0 Å². The van der Waals surface area contributed by atoms with Crippen LogP contribution in [0.2, 0.25) is 0 Å². The van der Waals surface area contributed by atoms with Gasteiger partial charge in [0, 0.05) is 32.1 Å². The minimum Gasteiger partial charge on any atom is -0.462 e. The summed E-state index contributed by atoms with van der Waals surface area (Å²) in [6, 6.07) is 0. The third-order valence-corrected chi connectivity index (χ3v) is 8.90. The first-order valence-corrected chi connectivity index (χ1v) is 11.5.